The molecule has 0 aromatic heterocycles. The van der Waals surface area contributed by atoms with Gasteiger partial charge in [-0.15, -0.1) is 0 Å². The molecule has 0 aliphatic rings. The summed E-state index contributed by atoms with van der Waals surface area (Å²) in [5.74, 6) is -0.937. The maximum Gasteiger partial charge on any atom is 0.335 e. The van der Waals surface area contributed by atoms with Crippen LogP contribution in [0.4, 0.5) is 5.69 Å². The van der Waals surface area contributed by atoms with Gasteiger partial charge in [-0.25, -0.2) is 4.79 Å². The Kier molecular flexibility index (Phi) is 5.91. The number of aromatic carboxylic acids is 1. The van der Waals surface area contributed by atoms with Crippen LogP contribution in [0.2, 0.25) is 0 Å². The highest BCUT2D eigenvalue weighted by atomic mass is 32.1. The van der Waals surface area contributed by atoms with Crippen molar-refractivity contribution in [2.24, 2.45) is 0 Å². The number of benzene rings is 2. The summed E-state index contributed by atoms with van der Waals surface area (Å²) in [7, 11) is 0. The van der Waals surface area contributed by atoms with Gasteiger partial charge in [0.25, 0.3) is 0 Å². The molecule has 2 aromatic rings. The van der Waals surface area contributed by atoms with Crippen LogP contribution in [-0.2, 0) is 6.42 Å². The van der Waals surface area contributed by atoms with Crippen LogP contribution in [0.3, 0.4) is 0 Å². The van der Waals surface area contributed by atoms with E-state index >= 15 is 0 Å². The minimum absolute atomic E-state index is 0.257. The van der Waals surface area contributed by atoms with Crippen molar-refractivity contribution in [3.8, 4) is 0 Å². The summed E-state index contributed by atoms with van der Waals surface area (Å²) >= 11 is 5.21. The molecule has 0 spiro atoms. The molecule has 22 heavy (non-hydrogen) atoms. The van der Waals surface area contributed by atoms with Crippen LogP contribution in [0, 0.1) is 0 Å². The molecule has 3 N–H and O–H groups in total. The molecule has 0 fully saturated rings. The fourth-order valence-electron chi connectivity index (χ4n) is 2.01. The highest BCUT2D eigenvalue weighted by Crippen LogP contribution is 2.09. The first kappa shape index (κ1) is 16.0. The minimum atomic E-state index is -0.937. The van der Waals surface area contributed by atoms with Crippen molar-refractivity contribution in [3.05, 3.63) is 65.7 Å². The molecule has 2 aromatic carbocycles. The molecule has 0 saturated carbocycles. The topological polar surface area (TPSA) is 61.4 Å². The van der Waals surface area contributed by atoms with E-state index in [0.717, 1.165) is 25.1 Å². The summed E-state index contributed by atoms with van der Waals surface area (Å²) in [6, 6.07) is 16.8. The number of hydrogen-bond acceptors (Lipinski definition) is 2. The SMILES string of the molecule is O=C(O)c1ccc(NC(=S)NCCCc2ccccc2)cc1. The summed E-state index contributed by atoms with van der Waals surface area (Å²) in [6.45, 7) is 0.786. The van der Waals surface area contributed by atoms with Gasteiger partial charge in [-0.2, -0.15) is 0 Å². The normalized spacial score (nSPS) is 10.0. The smallest absolute Gasteiger partial charge is 0.335 e. The van der Waals surface area contributed by atoms with Crippen LogP contribution < -0.4 is 10.6 Å². The van der Waals surface area contributed by atoms with Crippen LogP contribution in [-0.4, -0.2) is 22.7 Å². The fourth-order valence-corrected chi connectivity index (χ4v) is 2.23. The second-order valence-electron chi connectivity index (χ2n) is 4.85. The molecular weight excluding hydrogens is 296 g/mol. The summed E-state index contributed by atoms with van der Waals surface area (Å²) in [5.41, 5.74) is 2.34. The van der Waals surface area contributed by atoms with Gasteiger partial charge >= 0.3 is 5.97 Å². The molecule has 4 nitrogen and oxygen atoms in total. The lowest BCUT2D eigenvalue weighted by molar-refractivity contribution is 0.0697. The van der Waals surface area contributed by atoms with E-state index in [-0.39, 0.29) is 5.56 Å². The molecule has 0 radical (unpaired) electrons. The minimum Gasteiger partial charge on any atom is -0.478 e. The Bertz CT molecular complexity index is 627. The number of carbonyl (C=O) groups is 1. The number of carboxylic acid groups (broad SMARTS) is 1. The van der Waals surface area contributed by atoms with Crippen LogP contribution in [0.25, 0.3) is 0 Å². The number of anilines is 1. The number of thiocarbonyl (C=S) groups is 1. The predicted octanol–water partition coefficient (Wildman–Crippen LogP) is 3.30. The van der Waals surface area contributed by atoms with Gasteiger partial charge in [0, 0.05) is 12.2 Å². The molecule has 0 unspecified atom stereocenters. The van der Waals surface area contributed by atoms with Gasteiger partial charge in [0.2, 0.25) is 0 Å². The van der Waals surface area contributed by atoms with Gasteiger partial charge in [-0.05, 0) is 54.9 Å². The molecular formula is C17H18N2O2S. The molecule has 5 heteroatoms. The largest absolute Gasteiger partial charge is 0.478 e. The Morgan fingerprint density at radius 3 is 2.36 bits per heavy atom. The predicted molar refractivity (Wildman–Crippen MR) is 92.4 cm³/mol. The number of hydrogen-bond donors (Lipinski definition) is 3. The summed E-state index contributed by atoms with van der Waals surface area (Å²) in [5, 5.41) is 15.6. The first-order valence-electron chi connectivity index (χ1n) is 7.07. The summed E-state index contributed by atoms with van der Waals surface area (Å²) in [6.07, 6.45) is 1.99. The third-order valence-corrected chi connectivity index (χ3v) is 3.41. The van der Waals surface area contributed by atoms with Crippen molar-refractivity contribution < 1.29 is 9.90 Å². The zero-order chi connectivity index (χ0) is 15.8. The molecule has 0 atom stereocenters. The van der Waals surface area contributed by atoms with E-state index < -0.39 is 5.97 Å². The first-order chi connectivity index (χ1) is 10.6. The number of nitrogens with one attached hydrogen (secondary N) is 2. The van der Waals surface area contributed by atoms with Crippen molar-refractivity contribution in [2.45, 2.75) is 12.8 Å². The van der Waals surface area contributed by atoms with Gasteiger partial charge in [-0.1, -0.05) is 30.3 Å². The van der Waals surface area contributed by atoms with Crippen molar-refractivity contribution in [2.75, 3.05) is 11.9 Å². The average Bonchev–Trinajstić information content (AvgIpc) is 2.53. The van der Waals surface area contributed by atoms with Crippen molar-refractivity contribution >= 4 is 29.0 Å². The summed E-state index contributed by atoms with van der Waals surface area (Å²) in [4.78, 5) is 10.8. The van der Waals surface area contributed by atoms with Crippen molar-refractivity contribution in [1.29, 1.82) is 0 Å². The van der Waals surface area contributed by atoms with E-state index in [1.807, 2.05) is 18.2 Å². The number of rotatable bonds is 6. The van der Waals surface area contributed by atoms with Crippen LogP contribution in [0.1, 0.15) is 22.3 Å². The Hall–Kier alpha value is -2.40. The van der Waals surface area contributed by atoms with Gasteiger partial charge in [0.1, 0.15) is 0 Å². The van der Waals surface area contributed by atoms with E-state index in [2.05, 4.69) is 22.8 Å². The molecule has 0 heterocycles. The highest BCUT2D eigenvalue weighted by molar-refractivity contribution is 7.80. The second kappa shape index (κ2) is 8.14. The van der Waals surface area contributed by atoms with E-state index in [1.54, 1.807) is 24.3 Å². The molecule has 0 bridgehead atoms. The zero-order valence-corrected chi connectivity index (χ0v) is 12.9. The molecule has 114 valence electrons. The van der Waals surface area contributed by atoms with E-state index in [1.165, 1.54) is 5.56 Å². The first-order valence-corrected chi connectivity index (χ1v) is 7.48. The van der Waals surface area contributed by atoms with E-state index in [4.69, 9.17) is 17.3 Å². The van der Waals surface area contributed by atoms with Crippen LogP contribution in [0.15, 0.2) is 54.6 Å². The van der Waals surface area contributed by atoms with Gasteiger partial charge < -0.3 is 15.7 Å². The highest BCUT2D eigenvalue weighted by Gasteiger charge is 2.02. The molecule has 2 rings (SSSR count). The zero-order valence-electron chi connectivity index (χ0n) is 12.1. The van der Waals surface area contributed by atoms with Crippen LogP contribution >= 0.6 is 12.2 Å². The lowest BCUT2D eigenvalue weighted by Crippen LogP contribution is -2.29. The van der Waals surface area contributed by atoms with E-state index in [0.29, 0.717) is 5.11 Å². The lowest BCUT2D eigenvalue weighted by Gasteiger charge is -2.10. The maximum absolute atomic E-state index is 10.8. The van der Waals surface area contributed by atoms with Crippen LogP contribution in [0.5, 0.6) is 0 Å². The van der Waals surface area contributed by atoms with Crippen molar-refractivity contribution in [1.82, 2.24) is 5.32 Å². The third kappa shape index (κ3) is 5.18. The monoisotopic (exact) mass is 314 g/mol. The molecule has 0 aliphatic carbocycles. The maximum atomic E-state index is 10.8. The summed E-state index contributed by atoms with van der Waals surface area (Å²) < 4.78 is 0. The molecule has 0 saturated heterocycles. The Labute approximate surface area is 135 Å². The average molecular weight is 314 g/mol. The Morgan fingerprint density at radius 2 is 1.73 bits per heavy atom. The quantitative estimate of drug-likeness (QED) is 0.564. The Morgan fingerprint density at radius 1 is 1.05 bits per heavy atom. The second-order valence-corrected chi connectivity index (χ2v) is 5.26. The van der Waals surface area contributed by atoms with Crippen molar-refractivity contribution in [3.63, 3.8) is 0 Å². The van der Waals surface area contributed by atoms with E-state index in [9.17, 15) is 4.79 Å². The Balaban J connectivity index is 1.70. The van der Waals surface area contributed by atoms with Gasteiger partial charge in [0.15, 0.2) is 5.11 Å². The third-order valence-electron chi connectivity index (χ3n) is 3.16. The number of aryl methyl sites for hydroxylation is 1. The molecule has 0 aliphatic heterocycles. The van der Waals surface area contributed by atoms with Gasteiger partial charge in [-0.3, -0.25) is 0 Å². The molecule has 0 amide bonds. The van der Waals surface area contributed by atoms with Gasteiger partial charge in [0.05, 0.1) is 5.56 Å². The standard InChI is InChI=1S/C17H18N2O2S/c20-16(21)14-8-10-15(11-9-14)19-17(22)18-12-4-7-13-5-2-1-3-6-13/h1-3,5-6,8-11H,4,7,12H2,(H,20,21)(H2,18,19,22). The fraction of sp³-hybridized carbons (Fsp3) is 0.176. The number of carboxylic acids is 1. The lowest BCUT2D eigenvalue weighted by atomic mass is 10.1.